The third-order valence-electron chi connectivity index (χ3n) is 1.61. The van der Waals surface area contributed by atoms with E-state index < -0.39 is 5.97 Å². The summed E-state index contributed by atoms with van der Waals surface area (Å²) in [6, 6.07) is 8.48. The van der Waals surface area contributed by atoms with Crippen molar-refractivity contribution in [1.82, 2.24) is 0 Å². The van der Waals surface area contributed by atoms with Crippen molar-refractivity contribution >= 4 is 5.97 Å². The van der Waals surface area contributed by atoms with Gasteiger partial charge in [-0.15, -0.1) is 0 Å². The number of hydrogen-bond donors (Lipinski definition) is 1. The second-order valence-electron chi connectivity index (χ2n) is 3.07. The summed E-state index contributed by atoms with van der Waals surface area (Å²) >= 11 is 0. The Morgan fingerprint density at radius 3 is 1.83 bits per heavy atom. The lowest BCUT2D eigenvalue weighted by atomic mass is 10.2. The molecule has 0 amide bonds. The second-order valence-corrected chi connectivity index (χ2v) is 3.07. The van der Waals surface area contributed by atoms with Gasteiger partial charge in [0.1, 0.15) is 0 Å². The molecule has 0 aromatic carbocycles. The van der Waals surface area contributed by atoms with Gasteiger partial charge in [0.2, 0.25) is 0 Å². The molecule has 0 saturated heterocycles. The fourth-order valence-corrected chi connectivity index (χ4v) is 0.676. The van der Waals surface area contributed by atoms with Crippen molar-refractivity contribution in [3.05, 3.63) is 24.3 Å². The zero-order valence-corrected chi connectivity index (χ0v) is 7.24. The maximum atomic E-state index is 9.70. The standard InChI is InChI=1S/C6H4.C4H8O2/c1-2-5-4-6(5)3-1;1-3(2)4(5)6/h1-4H;3H,1-2H3,(H,5,6). The highest BCUT2D eigenvalue weighted by atomic mass is 16.4. The van der Waals surface area contributed by atoms with E-state index in [1.54, 1.807) is 13.8 Å². The van der Waals surface area contributed by atoms with E-state index in [2.05, 4.69) is 24.3 Å². The smallest absolute Gasteiger partial charge is 0.305 e. The van der Waals surface area contributed by atoms with Gasteiger partial charge in [-0.1, -0.05) is 32.0 Å². The molecule has 2 nitrogen and oxygen atoms in total. The highest BCUT2D eigenvalue weighted by Gasteiger charge is 2.06. The zero-order chi connectivity index (χ0) is 9.14. The van der Waals surface area contributed by atoms with E-state index in [4.69, 9.17) is 5.11 Å². The van der Waals surface area contributed by atoms with Gasteiger partial charge in [0, 0.05) is 0 Å². The SMILES string of the molecule is CC(C)C(=O)O.c1cc2cc-2c1. The molecule has 0 aromatic heterocycles. The van der Waals surface area contributed by atoms with Crippen molar-refractivity contribution < 1.29 is 9.90 Å². The van der Waals surface area contributed by atoms with Gasteiger partial charge >= 0.3 is 5.97 Å². The first kappa shape index (κ1) is 8.78. The summed E-state index contributed by atoms with van der Waals surface area (Å²) in [5.74, 6) is -0.972. The molecule has 0 bridgehead atoms. The van der Waals surface area contributed by atoms with Gasteiger partial charge in [-0.2, -0.15) is 0 Å². The van der Waals surface area contributed by atoms with Crippen LogP contribution in [0.25, 0.3) is 11.1 Å². The minimum absolute atomic E-state index is 0.231. The van der Waals surface area contributed by atoms with Gasteiger partial charge in [0.05, 0.1) is 5.92 Å². The fourth-order valence-electron chi connectivity index (χ4n) is 0.676. The molecule has 2 rings (SSSR count). The van der Waals surface area contributed by atoms with Gasteiger partial charge in [-0.3, -0.25) is 4.79 Å². The summed E-state index contributed by atoms with van der Waals surface area (Å²) in [6.07, 6.45) is 0. The normalized spacial score (nSPS) is 10.2. The van der Waals surface area contributed by atoms with Crippen LogP contribution in [-0.4, -0.2) is 11.1 Å². The van der Waals surface area contributed by atoms with Crippen LogP contribution in [0.5, 0.6) is 0 Å². The van der Waals surface area contributed by atoms with Crippen LogP contribution < -0.4 is 0 Å². The maximum absolute atomic E-state index is 9.70. The summed E-state index contributed by atoms with van der Waals surface area (Å²) in [5.41, 5.74) is 2.85. The second kappa shape index (κ2) is 3.39. The molecule has 0 radical (unpaired) electrons. The van der Waals surface area contributed by atoms with Crippen molar-refractivity contribution in [3.8, 4) is 11.1 Å². The van der Waals surface area contributed by atoms with E-state index in [1.807, 2.05) is 0 Å². The third-order valence-corrected chi connectivity index (χ3v) is 1.61. The molecule has 0 spiro atoms. The Hall–Kier alpha value is -1.31. The molecule has 2 aliphatic carbocycles. The molecule has 0 atom stereocenters. The van der Waals surface area contributed by atoms with Crippen molar-refractivity contribution in [3.63, 3.8) is 0 Å². The van der Waals surface area contributed by atoms with Crippen molar-refractivity contribution in [1.29, 1.82) is 0 Å². The van der Waals surface area contributed by atoms with Crippen molar-refractivity contribution in [2.75, 3.05) is 0 Å². The van der Waals surface area contributed by atoms with E-state index in [1.165, 1.54) is 11.1 Å². The van der Waals surface area contributed by atoms with Gasteiger partial charge in [-0.05, 0) is 17.2 Å². The lowest BCUT2D eigenvalue weighted by Crippen LogP contribution is -2.03. The number of carboxylic acid groups (broad SMARTS) is 1. The fraction of sp³-hybridized carbons (Fsp3) is 0.300. The summed E-state index contributed by atoms with van der Waals surface area (Å²) in [4.78, 5) is 9.70. The van der Waals surface area contributed by atoms with E-state index in [0.717, 1.165) is 0 Å². The number of benzene rings is 1. The van der Waals surface area contributed by atoms with Crippen molar-refractivity contribution in [2.24, 2.45) is 5.92 Å². The first-order chi connectivity index (χ1) is 5.61. The van der Waals surface area contributed by atoms with E-state index in [9.17, 15) is 4.79 Å². The van der Waals surface area contributed by atoms with Crippen LogP contribution in [0, 0.1) is 5.92 Å². The summed E-state index contributed by atoms with van der Waals surface area (Å²) in [6.45, 7) is 3.28. The van der Waals surface area contributed by atoms with Gasteiger partial charge in [0.15, 0.2) is 0 Å². The van der Waals surface area contributed by atoms with Crippen LogP contribution in [-0.2, 0) is 4.79 Å². The van der Waals surface area contributed by atoms with Crippen LogP contribution in [0.4, 0.5) is 0 Å². The van der Waals surface area contributed by atoms with Crippen LogP contribution in [0.15, 0.2) is 24.3 Å². The number of carbonyl (C=O) groups is 1. The Labute approximate surface area is 71.8 Å². The molecule has 0 saturated carbocycles. The molecule has 0 aromatic rings. The predicted molar refractivity (Wildman–Crippen MR) is 47.9 cm³/mol. The first-order valence-corrected chi connectivity index (χ1v) is 3.94. The minimum Gasteiger partial charge on any atom is -0.481 e. The summed E-state index contributed by atoms with van der Waals surface area (Å²) in [5, 5.41) is 7.99. The summed E-state index contributed by atoms with van der Waals surface area (Å²) in [7, 11) is 0. The molecule has 2 heteroatoms. The Balaban J connectivity index is 0.000000120. The molecule has 1 N–H and O–H groups in total. The molecule has 0 fully saturated rings. The third kappa shape index (κ3) is 2.38. The summed E-state index contributed by atoms with van der Waals surface area (Å²) < 4.78 is 0. The van der Waals surface area contributed by atoms with Crippen LogP contribution >= 0.6 is 0 Å². The lowest BCUT2D eigenvalue weighted by Gasteiger charge is -1.89. The quantitative estimate of drug-likeness (QED) is 0.702. The van der Waals surface area contributed by atoms with Gasteiger partial charge < -0.3 is 5.11 Å². The van der Waals surface area contributed by atoms with E-state index in [0.29, 0.717) is 0 Å². The minimum atomic E-state index is -0.741. The first-order valence-electron chi connectivity index (χ1n) is 3.94. The van der Waals surface area contributed by atoms with Gasteiger partial charge in [0.25, 0.3) is 0 Å². The molecular weight excluding hydrogens is 152 g/mol. The van der Waals surface area contributed by atoms with Crippen LogP contribution in [0.3, 0.4) is 0 Å². The molecule has 0 heterocycles. The average molecular weight is 164 g/mol. The van der Waals surface area contributed by atoms with E-state index in [-0.39, 0.29) is 5.92 Å². The van der Waals surface area contributed by atoms with Crippen LogP contribution in [0.2, 0.25) is 0 Å². The Kier molecular flexibility index (Phi) is 2.48. The zero-order valence-electron chi connectivity index (χ0n) is 7.24. The molecule has 2 aliphatic rings. The Morgan fingerprint density at radius 1 is 1.33 bits per heavy atom. The van der Waals surface area contributed by atoms with Crippen molar-refractivity contribution in [2.45, 2.75) is 13.8 Å². The lowest BCUT2D eigenvalue weighted by molar-refractivity contribution is -0.140. The highest BCUT2D eigenvalue weighted by molar-refractivity contribution is 5.80. The number of aliphatic carboxylic acids is 1. The Bertz CT molecular complexity index is 272. The molecule has 64 valence electrons. The number of hydrogen-bond acceptors (Lipinski definition) is 1. The van der Waals surface area contributed by atoms with Crippen LogP contribution in [0.1, 0.15) is 13.8 Å². The molecule has 12 heavy (non-hydrogen) atoms. The monoisotopic (exact) mass is 164 g/mol. The number of carboxylic acids is 1. The number of rotatable bonds is 1. The van der Waals surface area contributed by atoms with Gasteiger partial charge in [-0.25, -0.2) is 0 Å². The topological polar surface area (TPSA) is 37.3 Å². The number of fused-ring (bicyclic) bond motifs is 1. The maximum Gasteiger partial charge on any atom is 0.305 e. The average Bonchev–Trinajstić information content (AvgIpc) is 2.60. The molecular formula is C10H12O2. The molecule has 0 unspecified atom stereocenters. The van der Waals surface area contributed by atoms with E-state index >= 15 is 0 Å². The predicted octanol–water partition coefficient (Wildman–Crippen LogP) is 2.39. The molecule has 0 aliphatic heterocycles. The largest absolute Gasteiger partial charge is 0.481 e. The Morgan fingerprint density at radius 2 is 1.75 bits per heavy atom. The highest BCUT2D eigenvalue weighted by Crippen LogP contribution is 2.32.